The first-order valence-corrected chi connectivity index (χ1v) is 9.50. The Morgan fingerprint density at radius 1 is 1.35 bits per heavy atom. The van der Waals surface area contributed by atoms with Gasteiger partial charge in [0.25, 0.3) is 5.56 Å². The van der Waals surface area contributed by atoms with E-state index in [4.69, 9.17) is 18.7 Å². The van der Waals surface area contributed by atoms with E-state index in [9.17, 15) is 19.1 Å². The predicted molar refractivity (Wildman–Crippen MR) is 89.6 cm³/mol. The van der Waals surface area contributed by atoms with E-state index in [0.29, 0.717) is 5.39 Å². The number of phosphoric ester groups is 1. The molecule has 1 aromatic heterocycles. The second-order valence-corrected chi connectivity index (χ2v) is 7.61. The Hall–Kier alpha value is -1.58. The van der Waals surface area contributed by atoms with E-state index in [1.54, 1.807) is 24.4 Å². The first kappa shape index (κ1) is 17.8. The number of hydrogen-bond donors (Lipinski definition) is 2. The van der Waals surface area contributed by atoms with Crippen LogP contribution in [0.25, 0.3) is 10.8 Å². The monoisotopic (exact) mass is 383 g/mol. The molecular formula is C16H18NO8P. The fraction of sp³-hybridized carbons (Fsp3) is 0.438. The minimum Gasteiger partial charge on any atom is -0.381 e. The Labute approximate surface area is 148 Å². The molecule has 2 saturated heterocycles. The van der Waals surface area contributed by atoms with E-state index < -0.39 is 31.9 Å². The maximum absolute atomic E-state index is 12.8. The number of phosphoric acid groups is 1. The zero-order valence-corrected chi connectivity index (χ0v) is 14.7. The van der Waals surface area contributed by atoms with Gasteiger partial charge in [-0.05, 0) is 17.5 Å². The van der Waals surface area contributed by atoms with Crippen LogP contribution in [0.3, 0.4) is 0 Å². The molecule has 10 heteroatoms. The number of rotatable bonds is 5. The van der Waals surface area contributed by atoms with Crippen LogP contribution < -0.4 is 5.56 Å². The molecular weight excluding hydrogens is 365 g/mol. The lowest BCUT2D eigenvalue weighted by Crippen LogP contribution is -2.45. The highest BCUT2D eigenvalue weighted by Crippen LogP contribution is 2.52. The molecule has 2 fully saturated rings. The highest BCUT2D eigenvalue weighted by Gasteiger charge is 2.64. The van der Waals surface area contributed by atoms with Crippen LogP contribution >= 0.6 is 7.82 Å². The van der Waals surface area contributed by atoms with Crippen LogP contribution in [0.1, 0.15) is 6.23 Å². The van der Waals surface area contributed by atoms with Crippen LogP contribution in [0, 0.1) is 0 Å². The molecule has 2 N–H and O–H groups in total. The van der Waals surface area contributed by atoms with E-state index in [2.05, 4.69) is 0 Å². The third-order valence-corrected chi connectivity index (χ3v) is 5.23. The fourth-order valence-electron chi connectivity index (χ4n) is 3.67. The van der Waals surface area contributed by atoms with Gasteiger partial charge in [-0.15, -0.1) is 0 Å². The van der Waals surface area contributed by atoms with Gasteiger partial charge in [0.1, 0.15) is 17.8 Å². The minimum absolute atomic E-state index is 0.00694. The van der Waals surface area contributed by atoms with Crippen molar-refractivity contribution in [2.24, 2.45) is 0 Å². The number of methoxy groups -OCH3 is 1. The summed E-state index contributed by atoms with van der Waals surface area (Å²) in [5, 5.41) is 1.29. The standard InChI is InChI=1S/C16H18NO8P/c1-22-8-16-9-23-12(13(16)25-26(19,20)21)15(24-16)17-7-6-10-4-2-3-5-11(10)14(17)18/h2-7,12-13,15H,8-9H2,1H3,(H2,19,20,21)/t12?,13-,15+,16-/m0/s1. The van der Waals surface area contributed by atoms with Crippen LogP contribution in [0.5, 0.6) is 0 Å². The van der Waals surface area contributed by atoms with Crippen molar-refractivity contribution < 1.29 is 33.1 Å². The number of nitrogens with zero attached hydrogens (tertiary/aromatic N) is 1. The van der Waals surface area contributed by atoms with Gasteiger partial charge in [0, 0.05) is 18.7 Å². The summed E-state index contributed by atoms with van der Waals surface area (Å²) in [7, 11) is -3.35. The first-order chi connectivity index (χ1) is 12.3. The number of hydrogen-bond acceptors (Lipinski definition) is 6. The molecule has 4 atom stereocenters. The molecule has 2 bridgehead atoms. The van der Waals surface area contributed by atoms with Gasteiger partial charge in [-0.3, -0.25) is 13.9 Å². The normalized spacial score (nSPS) is 31.0. The molecule has 0 amide bonds. The highest BCUT2D eigenvalue weighted by atomic mass is 31.2. The van der Waals surface area contributed by atoms with Gasteiger partial charge in [-0.2, -0.15) is 0 Å². The average Bonchev–Trinajstić information content (AvgIpc) is 3.05. The van der Waals surface area contributed by atoms with Gasteiger partial charge >= 0.3 is 7.82 Å². The Morgan fingerprint density at radius 2 is 2.12 bits per heavy atom. The lowest BCUT2D eigenvalue weighted by Gasteiger charge is -2.31. The topological polar surface area (TPSA) is 116 Å². The van der Waals surface area contributed by atoms with E-state index in [-0.39, 0.29) is 18.8 Å². The van der Waals surface area contributed by atoms with Crippen LogP contribution in [-0.2, 0) is 23.3 Å². The number of aromatic nitrogens is 1. The summed E-state index contributed by atoms with van der Waals surface area (Å²) in [6, 6.07) is 8.90. The van der Waals surface area contributed by atoms with Crippen molar-refractivity contribution in [3.8, 4) is 0 Å². The van der Waals surface area contributed by atoms with Crippen molar-refractivity contribution in [1.29, 1.82) is 0 Å². The molecule has 0 spiro atoms. The maximum Gasteiger partial charge on any atom is 0.470 e. The highest BCUT2D eigenvalue weighted by molar-refractivity contribution is 7.46. The summed E-state index contributed by atoms with van der Waals surface area (Å²) >= 11 is 0. The Balaban J connectivity index is 1.76. The fourth-order valence-corrected chi connectivity index (χ4v) is 4.28. The van der Waals surface area contributed by atoms with Gasteiger partial charge in [-0.1, -0.05) is 18.2 Å². The lowest BCUT2D eigenvalue weighted by atomic mass is 10.0. The molecule has 0 saturated carbocycles. The maximum atomic E-state index is 12.8. The third-order valence-electron chi connectivity index (χ3n) is 4.73. The number of fused-ring (bicyclic) bond motifs is 3. The van der Waals surface area contributed by atoms with Gasteiger partial charge in [0.05, 0.1) is 13.2 Å². The molecule has 3 heterocycles. The zero-order chi connectivity index (χ0) is 18.5. The van der Waals surface area contributed by atoms with Gasteiger partial charge in [0.2, 0.25) is 0 Å². The van der Waals surface area contributed by atoms with Crippen molar-refractivity contribution in [2.45, 2.75) is 24.0 Å². The second kappa shape index (κ2) is 6.24. The summed E-state index contributed by atoms with van der Waals surface area (Å²) < 4.78 is 34.5. The molecule has 0 radical (unpaired) electrons. The summed E-state index contributed by atoms with van der Waals surface area (Å²) in [5.41, 5.74) is -1.48. The van der Waals surface area contributed by atoms with Crippen molar-refractivity contribution in [3.05, 3.63) is 46.9 Å². The molecule has 0 aliphatic carbocycles. The largest absolute Gasteiger partial charge is 0.470 e. The smallest absolute Gasteiger partial charge is 0.381 e. The minimum atomic E-state index is -4.79. The summed E-state index contributed by atoms with van der Waals surface area (Å²) in [6.45, 7) is 0.0575. The average molecular weight is 383 g/mol. The Bertz CT molecular complexity index is 939. The van der Waals surface area contributed by atoms with Gasteiger partial charge < -0.3 is 24.0 Å². The van der Waals surface area contributed by atoms with Gasteiger partial charge in [0.15, 0.2) is 6.23 Å². The molecule has 26 heavy (non-hydrogen) atoms. The van der Waals surface area contributed by atoms with Crippen LogP contribution in [0.2, 0.25) is 0 Å². The molecule has 1 unspecified atom stereocenters. The SMILES string of the molecule is COC[C@@]12COC([C@H](n3ccc4ccccc4c3=O)O1)[C@@H]2OP(=O)(O)O. The van der Waals surface area contributed by atoms with Crippen LogP contribution in [0.15, 0.2) is 41.3 Å². The predicted octanol–water partition coefficient (Wildman–Crippen LogP) is 0.792. The van der Waals surface area contributed by atoms with Gasteiger partial charge in [-0.25, -0.2) is 4.57 Å². The zero-order valence-electron chi connectivity index (χ0n) is 13.8. The molecule has 9 nitrogen and oxygen atoms in total. The van der Waals surface area contributed by atoms with E-state index in [1.807, 2.05) is 12.1 Å². The summed E-state index contributed by atoms with van der Waals surface area (Å²) in [4.78, 5) is 31.3. The van der Waals surface area contributed by atoms with E-state index >= 15 is 0 Å². The summed E-state index contributed by atoms with van der Waals surface area (Å²) in [5.74, 6) is 0. The Kier molecular flexibility index (Phi) is 4.28. The molecule has 2 aliphatic rings. The summed E-state index contributed by atoms with van der Waals surface area (Å²) in [6.07, 6.45) is -1.22. The second-order valence-electron chi connectivity index (χ2n) is 6.41. The number of benzene rings is 1. The molecule has 2 aliphatic heterocycles. The lowest BCUT2D eigenvalue weighted by molar-refractivity contribution is -0.190. The molecule has 2 aromatic rings. The van der Waals surface area contributed by atoms with Crippen molar-refractivity contribution in [1.82, 2.24) is 4.57 Å². The molecule has 4 rings (SSSR count). The van der Waals surface area contributed by atoms with Crippen LogP contribution in [0.4, 0.5) is 0 Å². The van der Waals surface area contributed by atoms with Crippen LogP contribution in [-0.4, -0.2) is 52.5 Å². The first-order valence-electron chi connectivity index (χ1n) is 7.97. The Morgan fingerprint density at radius 3 is 2.85 bits per heavy atom. The molecule has 140 valence electrons. The quantitative estimate of drug-likeness (QED) is 0.728. The number of pyridine rings is 1. The number of ether oxygens (including phenoxy) is 3. The van der Waals surface area contributed by atoms with E-state index in [0.717, 1.165) is 5.39 Å². The van der Waals surface area contributed by atoms with Crippen molar-refractivity contribution in [3.63, 3.8) is 0 Å². The van der Waals surface area contributed by atoms with E-state index in [1.165, 1.54) is 11.7 Å². The van der Waals surface area contributed by atoms with Crippen molar-refractivity contribution >= 4 is 18.6 Å². The third kappa shape index (κ3) is 2.82. The molecule has 1 aromatic carbocycles. The van der Waals surface area contributed by atoms with Crippen molar-refractivity contribution in [2.75, 3.05) is 20.3 Å².